The van der Waals surface area contributed by atoms with Gasteiger partial charge in [0.05, 0.1) is 18.8 Å². The lowest BCUT2D eigenvalue weighted by atomic mass is 9.98. The van der Waals surface area contributed by atoms with Crippen LogP contribution in [0.15, 0.2) is 0 Å². The van der Waals surface area contributed by atoms with Crippen molar-refractivity contribution in [2.75, 3.05) is 13.2 Å². The van der Waals surface area contributed by atoms with Gasteiger partial charge in [0.1, 0.15) is 29.7 Å². The third-order valence-electron chi connectivity index (χ3n) is 10.6. The number of β-amino-alcohol motifs (C(OH)–C–C–N with tert-alkyl or cyclic N) is 1. The number of likely N-dealkylation sites (tertiary alicyclic amines) is 1. The van der Waals surface area contributed by atoms with Gasteiger partial charge in [0, 0.05) is 25.8 Å². The minimum absolute atomic E-state index is 0.0733. The largest absolute Gasteiger partial charge is 0.394 e. The number of rotatable bonds is 29. The predicted molar refractivity (Wildman–Crippen MR) is 227 cm³/mol. The van der Waals surface area contributed by atoms with Crippen LogP contribution < -0.4 is 32.3 Å². The summed E-state index contributed by atoms with van der Waals surface area (Å²) in [4.78, 5) is 94.3. The van der Waals surface area contributed by atoms with Crippen LogP contribution >= 0.6 is 0 Å². The van der Waals surface area contributed by atoms with Crippen molar-refractivity contribution in [3.8, 4) is 0 Å². The van der Waals surface area contributed by atoms with Crippen molar-refractivity contribution >= 4 is 41.4 Å². The Morgan fingerprint density at radius 2 is 1.29 bits per heavy atom. The molecule has 340 valence electrons. The fourth-order valence-electron chi connectivity index (χ4n) is 7.33. The second-order valence-electron chi connectivity index (χ2n) is 18.1. The van der Waals surface area contributed by atoms with Crippen LogP contribution in [-0.2, 0) is 33.6 Å². The maximum absolute atomic E-state index is 13.9. The fraction of sp³-hybridized carbons (Fsp3) is 0.837. The first-order valence-electron chi connectivity index (χ1n) is 22.0. The first-order chi connectivity index (χ1) is 27.6. The normalized spacial score (nSPS) is 17.6. The highest BCUT2D eigenvalue weighted by Gasteiger charge is 2.45. The van der Waals surface area contributed by atoms with Gasteiger partial charge >= 0.3 is 0 Å². The van der Waals surface area contributed by atoms with E-state index in [-0.39, 0.29) is 63.0 Å². The Bertz CT molecular complexity index is 1360. The highest BCUT2D eigenvalue weighted by atomic mass is 16.3. The number of nitrogens with two attached hydrogens (primary N) is 1. The topological polar surface area (TPSA) is 249 Å². The molecule has 16 nitrogen and oxygen atoms in total. The molecular formula is C43H79N7O9. The number of unbranched alkanes of at least 4 members (excludes halogenated alkanes) is 8. The highest BCUT2D eigenvalue weighted by Crippen LogP contribution is 2.23. The second kappa shape index (κ2) is 27.1. The number of amides is 7. The predicted octanol–water partition coefficient (Wildman–Crippen LogP) is 2.71. The molecule has 1 saturated heterocycles. The average molecular weight is 838 g/mol. The lowest BCUT2D eigenvalue weighted by molar-refractivity contribution is -0.145. The molecule has 7 amide bonds. The number of aliphatic hydroxyl groups excluding tert-OH is 2. The zero-order valence-electron chi connectivity index (χ0n) is 37.5. The molecule has 0 spiro atoms. The van der Waals surface area contributed by atoms with E-state index in [1.165, 1.54) is 37.0 Å². The number of primary amides is 1. The SMILES string of the molecule is CCCCCCCCCCCC(=O)NC(C)(C)C(=O)N1CC(O)C[C@H]1C(=O)N[C@@H](CC(C)C)C(=O)N[C@H](C(=O)N[C@@H](CCC(N)=O)C(=O)NC(CO)CC(C)C)C(C)C. The number of hydrogen-bond acceptors (Lipinski definition) is 9. The third-order valence-corrected chi connectivity index (χ3v) is 10.6. The van der Waals surface area contributed by atoms with Crippen molar-refractivity contribution in [3.63, 3.8) is 0 Å². The van der Waals surface area contributed by atoms with Crippen LogP contribution in [0.1, 0.15) is 159 Å². The van der Waals surface area contributed by atoms with Gasteiger partial charge in [0.25, 0.3) is 0 Å². The molecule has 6 atom stereocenters. The summed E-state index contributed by atoms with van der Waals surface area (Å²) in [5, 5.41) is 34.1. The van der Waals surface area contributed by atoms with Crippen molar-refractivity contribution in [2.24, 2.45) is 23.5 Å². The average Bonchev–Trinajstić information content (AvgIpc) is 3.54. The second-order valence-corrected chi connectivity index (χ2v) is 18.1. The number of aliphatic hydroxyl groups is 2. The maximum atomic E-state index is 13.9. The molecule has 2 unspecified atom stereocenters. The van der Waals surface area contributed by atoms with E-state index in [1.807, 2.05) is 27.7 Å². The van der Waals surface area contributed by atoms with Crippen LogP contribution in [0.25, 0.3) is 0 Å². The zero-order chi connectivity index (χ0) is 44.9. The summed E-state index contributed by atoms with van der Waals surface area (Å²) in [5.41, 5.74) is 3.97. The minimum Gasteiger partial charge on any atom is -0.394 e. The molecule has 0 aromatic carbocycles. The summed E-state index contributed by atoms with van der Waals surface area (Å²) in [6.45, 7) is 15.8. The standard InChI is InChI=1S/C43H79N7O9/c1-10-11-12-13-14-15-16-17-18-19-36(54)49-43(8,9)42(59)50-25-31(52)24-34(50)40(57)47-33(23-28(4)5)39(56)48-37(29(6)7)41(58)46-32(20-21-35(44)53)38(55)45-30(26-51)22-27(2)3/h27-34,37,51-52H,10-26H2,1-9H3,(H2,44,53)(H,45,55)(H,46,58)(H,47,57)(H,48,56)(H,49,54)/t30?,31?,32-,33-,34-,37-/m0/s1. The van der Waals surface area contributed by atoms with Crippen LogP contribution in [0.3, 0.4) is 0 Å². The molecule has 0 aromatic heterocycles. The molecule has 16 heteroatoms. The highest BCUT2D eigenvalue weighted by molar-refractivity contribution is 5.97. The van der Waals surface area contributed by atoms with Crippen molar-refractivity contribution < 1.29 is 43.8 Å². The Labute approximate surface area is 353 Å². The number of nitrogens with one attached hydrogen (secondary N) is 5. The monoisotopic (exact) mass is 838 g/mol. The van der Waals surface area contributed by atoms with Crippen LogP contribution in [0.5, 0.6) is 0 Å². The Hall–Kier alpha value is -3.79. The molecule has 1 aliphatic rings. The molecule has 0 aliphatic carbocycles. The summed E-state index contributed by atoms with van der Waals surface area (Å²) in [6.07, 6.45) is 9.48. The molecule has 59 heavy (non-hydrogen) atoms. The molecule has 1 fully saturated rings. The number of carbonyl (C=O) groups excluding carboxylic acids is 7. The number of carbonyl (C=O) groups is 7. The first-order valence-corrected chi connectivity index (χ1v) is 22.0. The van der Waals surface area contributed by atoms with E-state index in [0.717, 1.165) is 19.3 Å². The van der Waals surface area contributed by atoms with E-state index < -0.39 is 83.2 Å². The molecule has 1 aliphatic heterocycles. The molecule has 0 saturated carbocycles. The third kappa shape index (κ3) is 20.4. The van der Waals surface area contributed by atoms with Gasteiger partial charge in [-0.15, -0.1) is 0 Å². The van der Waals surface area contributed by atoms with Crippen molar-refractivity contribution in [3.05, 3.63) is 0 Å². The zero-order valence-corrected chi connectivity index (χ0v) is 37.5. The van der Waals surface area contributed by atoms with Crippen LogP contribution in [0.4, 0.5) is 0 Å². The van der Waals surface area contributed by atoms with Crippen LogP contribution in [0, 0.1) is 17.8 Å². The summed E-state index contributed by atoms with van der Waals surface area (Å²) >= 11 is 0. The van der Waals surface area contributed by atoms with Crippen LogP contribution in [0.2, 0.25) is 0 Å². The van der Waals surface area contributed by atoms with Crippen LogP contribution in [-0.4, -0.2) is 111 Å². The Kier molecular flexibility index (Phi) is 24.5. The van der Waals surface area contributed by atoms with E-state index >= 15 is 0 Å². The van der Waals surface area contributed by atoms with Gasteiger partial charge in [-0.3, -0.25) is 33.6 Å². The van der Waals surface area contributed by atoms with Gasteiger partial charge in [-0.1, -0.05) is 99.8 Å². The van der Waals surface area contributed by atoms with Gasteiger partial charge in [-0.25, -0.2) is 0 Å². The van der Waals surface area contributed by atoms with E-state index in [0.29, 0.717) is 12.8 Å². The van der Waals surface area contributed by atoms with E-state index in [9.17, 15) is 43.8 Å². The summed E-state index contributed by atoms with van der Waals surface area (Å²) in [7, 11) is 0. The van der Waals surface area contributed by atoms with Gasteiger partial charge < -0.3 is 47.4 Å². The lowest BCUT2D eigenvalue weighted by Gasteiger charge is -2.34. The van der Waals surface area contributed by atoms with E-state index in [1.54, 1.807) is 27.7 Å². The molecule has 1 rings (SSSR count). The number of hydrogen-bond donors (Lipinski definition) is 8. The molecule has 1 heterocycles. The van der Waals surface area contributed by atoms with Gasteiger partial charge in [0.15, 0.2) is 0 Å². The number of nitrogens with zero attached hydrogens (tertiary/aromatic N) is 1. The Morgan fingerprint density at radius 3 is 1.81 bits per heavy atom. The van der Waals surface area contributed by atoms with Gasteiger partial charge in [-0.05, 0) is 57.3 Å². The summed E-state index contributed by atoms with van der Waals surface area (Å²) in [6, 6.07) is -5.19. The maximum Gasteiger partial charge on any atom is 0.248 e. The summed E-state index contributed by atoms with van der Waals surface area (Å²) < 4.78 is 0. The molecule has 9 N–H and O–H groups in total. The van der Waals surface area contributed by atoms with Crippen molar-refractivity contribution in [1.29, 1.82) is 0 Å². The van der Waals surface area contributed by atoms with Crippen molar-refractivity contribution in [2.45, 2.75) is 200 Å². The quantitative estimate of drug-likeness (QED) is 0.0516. The van der Waals surface area contributed by atoms with Gasteiger partial charge in [-0.2, -0.15) is 0 Å². The fourth-order valence-corrected chi connectivity index (χ4v) is 7.33. The molecule has 0 bridgehead atoms. The van der Waals surface area contributed by atoms with Gasteiger partial charge in [0.2, 0.25) is 41.4 Å². The lowest BCUT2D eigenvalue weighted by Crippen LogP contribution is -2.61. The van der Waals surface area contributed by atoms with Crippen molar-refractivity contribution in [1.82, 2.24) is 31.5 Å². The Balaban J connectivity index is 3.05. The molecule has 0 aromatic rings. The summed E-state index contributed by atoms with van der Waals surface area (Å²) in [5.74, 6) is -4.54. The molecule has 0 radical (unpaired) electrons. The van der Waals surface area contributed by atoms with E-state index in [2.05, 4.69) is 33.5 Å². The first kappa shape index (κ1) is 53.2. The molecular weight excluding hydrogens is 759 g/mol. The Morgan fingerprint density at radius 1 is 0.729 bits per heavy atom. The smallest absolute Gasteiger partial charge is 0.248 e. The van der Waals surface area contributed by atoms with E-state index in [4.69, 9.17) is 5.73 Å². The minimum atomic E-state index is -1.37.